The SMILES string of the molecule is CC=CC(C#N)OC(C)=O. The fraction of sp³-hybridized carbons (Fsp3) is 0.429. The van der Waals surface area contributed by atoms with Gasteiger partial charge in [0.05, 0.1) is 0 Å². The summed E-state index contributed by atoms with van der Waals surface area (Å²) in [5.74, 6) is -0.440. The van der Waals surface area contributed by atoms with Crippen LogP contribution in [0.2, 0.25) is 0 Å². The number of hydrogen-bond donors (Lipinski definition) is 0. The third-order valence-electron chi connectivity index (χ3n) is 0.787. The minimum Gasteiger partial charge on any atom is -0.443 e. The smallest absolute Gasteiger partial charge is 0.304 e. The maximum Gasteiger partial charge on any atom is 0.304 e. The summed E-state index contributed by atoms with van der Waals surface area (Å²) in [6, 6.07) is 1.80. The molecule has 0 spiro atoms. The van der Waals surface area contributed by atoms with Gasteiger partial charge in [0, 0.05) is 6.92 Å². The first-order valence-electron chi connectivity index (χ1n) is 2.90. The van der Waals surface area contributed by atoms with E-state index in [-0.39, 0.29) is 0 Å². The van der Waals surface area contributed by atoms with Crippen LogP contribution in [0.1, 0.15) is 13.8 Å². The molecule has 0 amide bonds. The van der Waals surface area contributed by atoms with Gasteiger partial charge in [0.1, 0.15) is 6.07 Å². The van der Waals surface area contributed by atoms with E-state index in [1.165, 1.54) is 13.0 Å². The quantitative estimate of drug-likeness (QED) is 0.424. The van der Waals surface area contributed by atoms with Crippen LogP contribution in [-0.4, -0.2) is 12.1 Å². The third kappa shape index (κ3) is 3.67. The van der Waals surface area contributed by atoms with E-state index in [9.17, 15) is 4.79 Å². The lowest BCUT2D eigenvalue weighted by molar-refractivity contribution is -0.142. The molecule has 0 bridgehead atoms. The molecule has 0 aliphatic carbocycles. The Balaban J connectivity index is 3.87. The zero-order chi connectivity index (χ0) is 7.98. The third-order valence-corrected chi connectivity index (χ3v) is 0.787. The summed E-state index contributed by atoms with van der Waals surface area (Å²) >= 11 is 0. The Hall–Kier alpha value is -1.30. The van der Waals surface area contributed by atoms with Crippen LogP contribution in [0, 0.1) is 11.3 Å². The van der Waals surface area contributed by atoms with E-state index in [0.29, 0.717) is 0 Å². The number of hydrogen-bond acceptors (Lipinski definition) is 3. The van der Waals surface area contributed by atoms with Crippen LogP contribution in [0.25, 0.3) is 0 Å². The first kappa shape index (κ1) is 8.70. The Morgan fingerprint density at radius 2 is 2.40 bits per heavy atom. The second kappa shape index (κ2) is 4.57. The number of nitriles is 1. The summed E-state index contributed by atoms with van der Waals surface area (Å²) in [6.45, 7) is 3.03. The van der Waals surface area contributed by atoms with Crippen molar-refractivity contribution in [3.8, 4) is 6.07 Å². The molecular weight excluding hydrogens is 130 g/mol. The van der Waals surface area contributed by atoms with E-state index in [0.717, 1.165) is 0 Å². The highest BCUT2D eigenvalue weighted by atomic mass is 16.5. The lowest BCUT2D eigenvalue weighted by atomic mass is 10.3. The Morgan fingerprint density at radius 1 is 1.80 bits per heavy atom. The van der Waals surface area contributed by atoms with Crippen LogP contribution in [0.3, 0.4) is 0 Å². The molecule has 0 saturated heterocycles. The zero-order valence-corrected chi connectivity index (χ0v) is 6.00. The average molecular weight is 139 g/mol. The molecule has 0 rings (SSSR count). The van der Waals surface area contributed by atoms with Crippen molar-refractivity contribution >= 4 is 5.97 Å². The highest BCUT2D eigenvalue weighted by Crippen LogP contribution is 1.92. The van der Waals surface area contributed by atoms with Gasteiger partial charge in [-0.3, -0.25) is 4.79 Å². The monoisotopic (exact) mass is 139 g/mol. The molecule has 0 aromatic heterocycles. The molecule has 0 radical (unpaired) electrons. The fourth-order valence-corrected chi connectivity index (χ4v) is 0.462. The molecule has 3 nitrogen and oxygen atoms in total. The molecule has 0 aromatic carbocycles. The van der Waals surface area contributed by atoms with E-state index < -0.39 is 12.1 Å². The standard InChI is InChI=1S/C7H9NO2/c1-3-4-7(5-8)10-6(2)9/h3-4,7H,1-2H3. The molecular formula is C7H9NO2. The van der Waals surface area contributed by atoms with Gasteiger partial charge in [-0.2, -0.15) is 5.26 Å². The average Bonchev–Trinajstić information content (AvgIpc) is 1.86. The van der Waals surface area contributed by atoms with Crippen LogP contribution in [0.4, 0.5) is 0 Å². The molecule has 0 heterocycles. The van der Waals surface area contributed by atoms with Crippen molar-refractivity contribution in [2.75, 3.05) is 0 Å². The molecule has 0 aliphatic rings. The van der Waals surface area contributed by atoms with Crippen LogP contribution in [0.15, 0.2) is 12.2 Å². The largest absolute Gasteiger partial charge is 0.443 e. The van der Waals surface area contributed by atoms with Crippen molar-refractivity contribution in [2.24, 2.45) is 0 Å². The van der Waals surface area contributed by atoms with Gasteiger partial charge in [-0.15, -0.1) is 0 Å². The fourth-order valence-electron chi connectivity index (χ4n) is 0.462. The zero-order valence-electron chi connectivity index (χ0n) is 6.00. The van der Waals surface area contributed by atoms with Crippen LogP contribution in [0.5, 0.6) is 0 Å². The number of esters is 1. The van der Waals surface area contributed by atoms with E-state index >= 15 is 0 Å². The Bertz CT molecular complexity index is 179. The van der Waals surface area contributed by atoms with Crippen molar-refractivity contribution in [3.63, 3.8) is 0 Å². The summed E-state index contributed by atoms with van der Waals surface area (Å²) in [6.07, 6.45) is 2.44. The van der Waals surface area contributed by atoms with Crippen LogP contribution >= 0.6 is 0 Å². The summed E-state index contributed by atoms with van der Waals surface area (Å²) in [7, 11) is 0. The lowest BCUT2D eigenvalue weighted by Crippen LogP contribution is -2.10. The predicted octanol–water partition coefficient (Wildman–Crippen LogP) is 1.02. The van der Waals surface area contributed by atoms with E-state index in [4.69, 9.17) is 5.26 Å². The number of carbonyl (C=O) groups excluding carboxylic acids is 1. The molecule has 0 N–H and O–H groups in total. The lowest BCUT2D eigenvalue weighted by Gasteiger charge is -2.01. The van der Waals surface area contributed by atoms with Gasteiger partial charge in [-0.25, -0.2) is 0 Å². The van der Waals surface area contributed by atoms with E-state index in [1.54, 1.807) is 19.1 Å². The second-order valence-corrected chi connectivity index (χ2v) is 1.68. The molecule has 0 fully saturated rings. The number of nitrogens with zero attached hydrogens (tertiary/aromatic N) is 1. The van der Waals surface area contributed by atoms with Gasteiger partial charge in [-0.05, 0) is 13.0 Å². The normalized spacial score (nSPS) is 12.5. The minimum atomic E-state index is -0.734. The Morgan fingerprint density at radius 3 is 2.70 bits per heavy atom. The minimum absolute atomic E-state index is 0.440. The molecule has 10 heavy (non-hydrogen) atoms. The molecule has 0 saturated carbocycles. The summed E-state index contributed by atoms with van der Waals surface area (Å²) < 4.78 is 4.55. The van der Waals surface area contributed by atoms with Gasteiger partial charge in [0.15, 0.2) is 0 Å². The highest BCUT2D eigenvalue weighted by Gasteiger charge is 2.03. The molecule has 54 valence electrons. The van der Waals surface area contributed by atoms with Crippen LogP contribution < -0.4 is 0 Å². The van der Waals surface area contributed by atoms with Crippen molar-refractivity contribution in [1.82, 2.24) is 0 Å². The Kier molecular flexibility index (Phi) is 3.97. The second-order valence-electron chi connectivity index (χ2n) is 1.68. The topological polar surface area (TPSA) is 50.1 Å². The number of ether oxygens (including phenoxy) is 1. The number of allylic oxidation sites excluding steroid dienone is 1. The van der Waals surface area contributed by atoms with E-state index in [1.807, 2.05) is 0 Å². The van der Waals surface area contributed by atoms with Gasteiger partial charge >= 0.3 is 5.97 Å². The molecule has 0 aliphatic heterocycles. The highest BCUT2D eigenvalue weighted by molar-refractivity contribution is 5.66. The maximum absolute atomic E-state index is 10.3. The van der Waals surface area contributed by atoms with E-state index in [2.05, 4.69) is 4.74 Å². The summed E-state index contributed by atoms with van der Waals surface area (Å²) in [5, 5.41) is 8.33. The predicted molar refractivity (Wildman–Crippen MR) is 36.0 cm³/mol. The maximum atomic E-state index is 10.3. The molecule has 1 atom stereocenters. The van der Waals surface area contributed by atoms with Crippen molar-refractivity contribution < 1.29 is 9.53 Å². The first-order valence-corrected chi connectivity index (χ1v) is 2.90. The molecule has 0 aromatic rings. The van der Waals surface area contributed by atoms with Gasteiger partial charge in [0.2, 0.25) is 6.10 Å². The van der Waals surface area contributed by atoms with Crippen molar-refractivity contribution in [3.05, 3.63) is 12.2 Å². The molecule has 3 heteroatoms. The van der Waals surface area contributed by atoms with Crippen molar-refractivity contribution in [2.45, 2.75) is 20.0 Å². The summed E-state index contributed by atoms with van der Waals surface area (Å²) in [4.78, 5) is 10.3. The van der Waals surface area contributed by atoms with Gasteiger partial charge in [0.25, 0.3) is 0 Å². The molecule has 1 unspecified atom stereocenters. The number of rotatable bonds is 2. The van der Waals surface area contributed by atoms with Gasteiger partial charge < -0.3 is 4.74 Å². The number of carbonyl (C=O) groups is 1. The Labute approximate surface area is 59.9 Å². The summed E-state index contributed by atoms with van der Waals surface area (Å²) in [5.41, 5.74) is 0. The van der Waals surface area contributed by atoms with Crippen molar-refractivity contribution in [1.29, 1.82) is 5.26 Å². The van der Waals surface area contributed by atoms with Crippen LogP contribution in [-0.2, 0) is 9.53 Å². The first-order chi connectivity index (χ1) is 4.70. The van der Waals surface area contributed by atoms with Gasteiger partial charge in [-0.1, -0.05) is 6.08 Å².